The van der Waals surface area contributed by atoms with Gasteiger partial charge >= 0.3 is 0 Å². The Morgan fingerprint density at radius 3 is 1.60 bits per heavy atom. The molecule has 1 fully saturated rings. The quantitative estimate of drug-likeness (QED) is 0.387. The van der Waals surface area contributed by atoms with Crippen LogP contribution in [0.2, 0.25) is 0 Å². The summed E-state index contributed by atoms with van der Waals surface area (Å²) in [5.41, 5.74) is 0. The van der Waals surface area contributed by atoms with E-state index in [-0.39, 0.29) is 0 Å². The van der Waals surface area contributed by atoms with Crippen LogP contribution in [0.25, 0.3) is 0 Å². The molecule has 0 atom stereocenters. The lowest BCUT2D eigenvalue weighted by Gasteiger charge is -1.24. The summed E-state index contributed by atoms with van der Waals surface area (Å²) >= 11 is 2.44. The molecule has 5 heavy (non-hydrogen) atoms. The van der Waals surface area contributed by atoms with Gasteiger partial charge < -0.3 is 4.74 Å². The lowest BCUT2D eigenvalue weighted by molar-refractivity contribution is 0.475. The first-order chi connectivity index (χ1) is 2.50. The van der Waals surface area contributed by atoms with E-state index in [0.29, 0.717) is 0 Å². The lowest BCUT2D eigenvalue weighted by Crippen LogP contribution is -1.45. The highest BCUT2D eigenvalue weighted by atomic mass is 79.9. The van der Waals surface area contributed by atoms with E-state index in [2.05, 4.69) is 25.6 Å². The maximum absolute atomic E-state index is 4.50. The SMILES string of the molecule is C1CO1.NBr. The molecule has 0 radical (unpaired) electrons. The fraction of sp³-hybridized carbons (Fsp3) is 1.00. The Morgan fingerprint density at radius 1 is 1.40 bits per heavy atom. The molecule has 0 aliphatic carbocycles. The van der Waals surface area contributed by atoms with Crippen LogP contribution in [0.5, 0.6) is 0 Å². The minimum Gasteiger partial charge on any atom is -0.377 e. The van der Waals surface area contributed by atoms with E-state index in [1.54, 1.807) is 0 Å². The third-order valence-electron chi connectivity index (χ3n) is 0.204. The highest BCUT2D eigenvalue weighted by Gasteiger charge is 1.94. The van der Waals surface area contributed by atoms with Crippen molar-refractivity contribution < 1.29 is 4.74 Å². The lowest BCUT2D eigenvalue weighted by atomic mass is 11.0. The van der Waals surface area contributed by atoms with E-state index in [4.69, 9.17) is 0 Å². The summed E-state index contributed by atoms with van der Waals surface area (Å²) in [4.78, 5) is 0. The number of nitrogens with two attached hydrogens (primary N) is 1. The van der Waals surface area contributed by atoms with Gasteiger partial charge in [0.1, 0.15) is 0 Å². The van der Waals surface area contributed by atoms with Crippen molar-refractivity contribution in [3.63, 3.8) is 0 Å². The Hall–Kier alpha value is 0.400. The van der Waals surface area contributed by atoms with Gasteiger partial charge in [0.25, 0.3) is 0 Å². The topological polar surface area (TPSA) is 38.5 Å². The van der Waals surface area contributed by atoms with Crippen molar-refractivity contribution in [2.45, 2.75) is 0 Å². The molecule has 2 N–H and O–H groups in total. The van der Waals surface area contributed by atoms with Gasteiger partial charge in [-0.25, -0.2) is 0 Å². The molecular weight excluding hydrogens is 134 g/mol. The average molecular weight is 140 g/mol. The van der Waals surface area contributed by atoms with Gasteiger partial charge in [-0.2, -0.15) is 0 Å². The summed E-state index contributed by atoms with van der Waals surface area (Å²) in [6, 6.07) is 0. The molecule has 0 aromatic rings. The number of halogens is 1. The Kier molecular flexibility index (Phi) is 4.75. The Labute approximate surface area is 39.6 Å². The van der Waals surface area contributed by atoms with Crippen LogP contribution in [0.3, 0.4) is 0 Å². The monoisotopic (exact) mass is 139 g/mol. The normalized spacial score (nSPS) is 15.6. The van der Waals surface area contributed by atoms with Gasteiger partial charge in [0.05, 0.1) is 13.2 Å². The van der Waals surface area contributed by atoms with E-state index in [0.717, 1.165) is 13.2 Å². The van der Waals surface area contributed by atoms with Gasteiger partial charge in [0, 0.05) is 16.1 Å². The van der Waals surface area contributed by atoms with Gasteiger partial charge in [0.15, 0.2) is 0 Å². The number of ether oxygens (including phenoxy) is 1. The maximum atomic E-state index is 4.50. The zero-order valence-corrected chi connectivity index (χ0v) is 4.36. The molecule has 0 spiro atoms. The van der Waals surface area contributed by atoms with Crippen molar-refractivity contribution in [2.75, 3.05) is 13.2 Å². The Bertz CT molecular complexity index is 14.4. The second-order valence-corrected chi connectivity index (χ2v) is 0.612. The Balaban J connectivity index is 0.0000000733. The molecule has 3 heteroatoms. The van der Waals surface area contributed by atoms with Crippen molar-refractivity contribution in [3.8, 4) is 0 Å². The molecule has 0 unspecified atom stereocenters. The summed E-state index contributed by atoms with van der Waals surface area (Å²) in [5, 5.41) is 0. The van der Waals surface area contributed by atoms with E-state index in [1.807, 2.05) is 0 Å². The molecule has 1 aliphatic rings. The second-order valence-electron chi connectivity index (χ2n) is 0.612. The second kappa shape index (κ2) is 4.40. The largest absolute Gasteiger partial charge is 0.377 e. The van der Waals surface area contributed by atoms with Gasteiger partial charge in [-0.05, 0) is 0 Å². The maximum Gasteiger partial charge on any atom is 0.0701 e. The van der Waals surface area contributed by atoms with Crippen LogP contribution in [-0.2, 0) is 4.74 Å². The average Bonchev–Trinajstić information content (AvgIpc) is 2.19. The van der Waals surface area contributed by atoms with Gasteiger partial charge in [-0.1, -0.05) is 0 Å². The van der Waals surface area contributed by atoms with Crippen molar-refractivity contribution in [3.05, 3.63) is 0 Å². The molecule has 0 aromatic carbocycles. The summed E-state index contributed by atoms with van der Waals surface area (Å²) in [5.74, 6) is 0. The fourth-order valence-electron chi connectivity index (χ4n) is 0. The molecule has 1 saturated heterocycles. The summed E-state index contributed by atoms with van der Waals surface area (Å²) in [6.07, 6.45) is 0. The molecule has 2 nitrogen and oxygen atoms in total. The summed E-state index contributed by atoms with van der Waals surface area (Å²) < 4.78 is 8.81. The van der Waals surface area contributed by atoms with E-state index < -0.39 is 0 Å². The van der Waals surface area contributed by atoms with E-state index >= 15 is 0 Å². The number of rotatable bonds is 0. The Morgan fingerprint density at radius 2 is 1.60 bits per heavy atom. The first-order valence-electron chi connectivity index (χ1n) is 1.30. The third kappa shape index (κ3) is 12.9. The van der Waals surface area contributed by atoms with Gasteiger partial charge in [-0.3, -0.25) is 4.76 Å². The minimum atomic E-state index is 1.00. The first-order valence-corrected chi connectivity index (χ1v) is 2.21. The molecule has 32 valence electrons. The van der Waals surface area contributed by atoms with Crippen molar-refractivity contribution >= 4 is 16.1 Å². The van der Waals surface area contributed by atoms with Gasteiger partial charge in [-0.15, -0.1) is 0 Å². The number of hydrogen-bond acceptors (Lipinski definition) is 2. The molecule has 1 heterocycles. The predicted octanol–water partition coefficient (Wildman–Crippen LogP) is 0.272. The summed E-state index contributed by atoms with van der Waals surface area (Å²) in [6.45, 7) is 2.00. The number of hydrogen-bond donors (Lipinski definition) is 1. The number of epoxide rings is 1. The molecule has 1 aliphatic heterocycles. The van der Waals surface area contributed by atoms with Crippen LogP contribution < -0.4 is 4.76 Å². The van der Waals surface area contributed by atoms with Crippen LogP contribution in [-0.4, -0.2) is 13.2 Å². The van der Waals surface area contributed by atoms with Crippen LogP contribution in [0.15, 0.2) is 0 Å². The molecule has 0 amide bonds. The van der Waals surface area contributed by atoms with E-state index in [1.165, 1.54) is 0 Å². The van der Waals surface area contributed by atoms with E-state index in [9.17, 15) is 0 Å². The van der Waals surface area contributed by atoms with Crippen LogP contribution in [0.4, 0.5) is 0 Å². The highest BCUT2D eigenvalue weighted by Crippen LogP contribution is 1.84. The van der Waals surface area contributed by atoms with Crippen LogP contribution >= 0.6 is 16.1 Å². The highest BCUT2D eigenvalue weighted by molar-refractivity contribution is 9.07. The minimum absolute atomic E-state index is 1.00. The van der Waals surface area contributed by atoms with Crippen molar-refractivity contribution in [1.29, 1.82) is 0 Å². The molecule has 1 rings (SSSR count). The van der Waals surface area contributed by atoms with Crippen molar-refractivity contribution in [1.82, 2.24) is 0 Å². The van der Waals surface area contributed by atoms with Crippen LogP contribution in [0, 0.1) is 0 Å². The molecular formula is C2H6BrNO. The fourth-order valence-corrected chi connectivity index (χ4v) is 0. The van der Waals surface area contributed by atoms with Crippen molar-refractivity contribution in [2.24, 2.45) is 4.76 Å². The smallest absolute Gasteiger partial charge is 0.0701 e. The van der Waals surface area contributed by atoms with Crippen LogP contribution in [0.1, 0.15) is 0 Å². The third-order valence-corrected chi connectivity index (χ3v) is 0.204. The van der Waals surface area contributed by atoms with Gasteiger partial charge in [0.2, 0.25) is 0 Å². The molecule has 0 bridgehead atoms. The standard InChI is InChI=1S/C2H4O.BrH2N/c1-2-3-1;1-2/h1-2H2;2H2. The summed E-state index contributed by atoms with van der Waals surface area (Å²) in [7, 11) is 0. The predicted molar refractivity (Wildman–Crippen MR) is 23.9 cm³/mol. The molecule has 0 saturated carbocycles. The zero-order valence-electron chi connectivity index (χ0n) is 2.78. The molecule has 0 aromatic heterocycles. The zero-order chi connectivity index (χ0) is 4.12. The first kappa shape index (κ1) is 5.40.